The van der Waals surface area contributed by atoms with Crippen molar-refractivity contribution in [2.45, 2.75) is 19.9 Å². The van der Waals surface area contributed by atoms with Gasteiger partial charge < -0.3 is 19.2 Å². The zero-order valence-electron chi connectivity index (χ0n) is 12.1. The van der Waals surface area contributed by atoms with Crippen LogP contribution in [0.3, 0.4) is 0 Å². The second kappa shape index (κ2) is 8.78. The molecular weight excluding hydrogens is 312 g/mol. The van der Waals surface area contributed by atoms with Crippen LogP contribution in [0.1, 0.15) is 24.4 Å². The van der Waals surface area contributed by atoms with Gasteiger partial charge in [-0.3, -0.25) is 10.1 Å². The lowest BCUT2D eigenvalue weighted by Gasteiger charge is -2.17. The van der Waals surface area contributed by atoms with Crippen molar-refractivity contribution in [3.63, 3.8) is 0 Å². The molecule has 0 aliphatic heterocycles. The number of rotatable bonds is 6. The smallest absolute Gasteiger partial charge is 0.340 e. The Bertz CT molecular complexity index is 525. The molecule has 1 aromatic heterocycles. The number of thiocarbonyl (C=S) groups is 1. The Morgan fingerprint density at radius 1 is 1.23 bits per heavy atom. The van der Waals surface area contributed by atoms with Gasteiger partial charge in [-0.2, -0.15) is 0 Å². The molecule has 0 aliphatic rings. The minimum absolute atomic E-state index is 0.0352. The molecular formula is C13H16N2O6S. The fourth-order valence-electron chi connectivity index (χ4n) is 1.40. The molecule has 0 fully saturated rings. The number of carbonyl (C=O) groups excluding carboxylic acids is 3. The fraction of sp³-hybridized carbons (Fsp3) is 0.385. The number of carbonyl (C=O) groups is 3. The summed E-state index contributed by atoms with van der Waals surface area (Å²) in [6.45, 7) is 3.36. The van der Waals surface area contributed by atoms with E-state index in [2.05, 4.69) is 10.6 Å². The van der Waals surface area contributed by atoms with Crippen molar-refractivity contribution in [2.75, 3.05) is 13.2 Å². The van der Waals surface area contributed by atoms with Crippen LogP contribution >= 0.6 is 12.2 Å². The van der Waals surface area contributed by atoms with Crippen molar-refractivity contribution in [3.8, 4) is 0 Å². The Hall–Kier alpha value is -2.42. The van der Waals surface area contributed by atoms with E-state index in [1.165, 1.54) is 18.4 Å². The minimum atomic E-state index is -1.45. The van der Waals surface area contributed by atoms with Crippen molar-refractivity contribution in [2.24, 2.45) is 0 Å². The monoisotopic (exact) mass is 328 g/mol. The normalized spacial score (nSPS) is 9.95. The van der Waals surface area contributed by atoms with Crippen LogP contribution in [-0.2, 0) is 19.1 Å². The van der Waals surface area contributed by atoms with Crippen LogP contribution < -0.4 is 10.6 Å². The molecule has 0 bridgehead atoms. The molecule has 120 valence electrons. The predicted octanol–water partition coefficient (Wildman–Crippen LogP) is 0.379. The molecule has 0 radical (unpaired) electrons. The van der Waals surface area contributed by atoms with E-state index in [0.29, 0.717) is 0 Å². The van der Waals surface area contributed by atoms with Gasteiger partial charge in [-0.25, -0.2) is 9.59 Å². The summed E-state index contributed by atoms with van der Waals surface area (Å²) in [5.41, 5.74) is 0. The zero-order valence-corrected chi connectivity index (χ0v) is 12.9. The lowest BCUT2D eigenvalue weighted by Crippen LogP contribution is -2.52. The van der Waals surface area contributed by atoms with Crippen LogP contribution in [0.5, 0.6) is 0 Å². The van der Waals surface area contributed by atoms with Crippen molar-refractivity contribution < 1.29 is 28.3 Å². The SMILES string of the molecule is CCOC(=O)C(NC(=S)NC(=O)c1ccco1)C(=O)OCC. The maximum atomic E-state index is 11.7. The first-order valence-electron chi connectivity index (χ1n) is 6.48. The molecule has 0 spiro atoms. The standard InChI is InChI=1S/C13H16N2O6S/c1-3-19-11(17)9(12(18)20-4-2)14-13(22)15-10(16)8-6-5-7-21-8/h5-7,9H,3-4H2,1-2H3,(H2,14,15,16,22). The van der Waals surface area contributed by atoms with Crippen molar-refractivity contribution >= 4 is 35.2 Å². The van der Waals surface area contributed by atoms with Gasteiger partial charge in [-0.1, -0.05) is 0 Å². The van der Waals surface area contributed by atoms with Crippen LogP contribution in [0, 0.1) is 0 Å². The molecule has 0 aliphatic carbocycles. The summed E-state index contributed by atoms with van der Waals surface area (Å²) in [4.78, 5) is 35.2. The maximum Gasteiger partial charge on any atom is 0.340 e. The molecule has 1 amide bonds. The Morgan fingerprint density at radius 3 is 2.27 bits per heavy atom. The number of ether oxygens (including phenoxy) is 2. The second-order valence-corrected chi connectivity index (χ2v) is 4.25. The van der Waals surface area contributed by atoms with Crippen LogP contribution in [0.25, 0.3) is 0 Å². The van der Waals surface area contributed by atoms with Gasteiger partial charge in [0, 0.05) is 0 Å². The highest BCUT2D eigenvalue weighted by Crippen LogP contribution is 1.99. The molecule has 22 heavy (non-hydrogen) atoms. The number of hydrogen-bond acceptors (Lipinski definition) is 7. The third-order valence-corrected chi connectivity index (χ3v) is 2.51. The quantitative estimate of drug-likeness (QED) is 0.438. The van der Waals surface area contributed by atoms with Gasteiger partial charge in [0.05, 0.1) is 19.5 Å². The van der Waals surface area contributed by atoms with Gasteiger partial charge in [-0.05, 0) is 38.2 Å². The summed E-state index contributed by atoms with van der Waals surface area (Å²) in [6.07, 6.45) is 1.32. The highest BCUT2D eigenvalue weighted by molar-refractivity contribution is 7.80. The first kappa shape index (κ1) is 17.6. The van der Waals surface area contributed by atoms with Gasteiger partial charge in [0.1, 0.15) is 0 Å². The average molecular weight is 328 g/mol. The summed E-state index contributed by atoms with van der Waals surface area (Å²) >= 11 is 4.89. The third kappa shape index (κ3) is 5.17. The van der Waals surface area contributed by atoms with E-state index < -0.39 is 23.9 Å². The Balaban J connectivity index is 2.67. The van der Waals surface area contributed by atoms with Crippen LogP contribution in [0.15, 0.2) is 22.8 Å². The molecule has 9 heteroatoms. The topological polar surface area (TPSA) is 107 Å². The van der Waals surface area contributed by atoms with Gasteiger partial charge in [0.2, 0.25) is 6.04 Å². The summed E-state index contributed by atoms with van der Waals surface area (Å²) in [7, 11) is 0. The number of furan rings is 1. The summed E-state index contributed by atoms with van der Waals surface area (Å²) in [5, 5.41) is 4.44. The molecule has 1 aromatic rings. The minimum Gasteiger partial charge on any atom is -0.464 e. The average Bonchev–Trinajstić information content (AvgIpc) is 2.99. The van der Waals surface area contributed by atoms with Crippen LogP contribution in [-0.4, -0.2) is 42.2 Å². The largest absolute Gasteiger partial charge is 0.464 e. The molecule has 0 unspecified atom stereocenters. The van der Waals surface area contributed by atoms with Gasteiger partial charge in [0.25, 0.3) is 5.91 Å². The number of hydrogen-bond donors (Lipinski definition) is 2. The summed E-state index contributed by atoms with van der Waals surface area (Å²) in [5.74, 6) is -2.28. The molecule has 0 aromatic carbocycles. The van der Waals surface area contributed by atoms with E-state index in [9.17, 15) is 14.4 Å². The Labute approximate surface area is 132 Å². The van der Waals surface area contributed by atoms with E-state index in [4.69, 9.17) is 26.1 Å². The molecule has 0 atom stereocenters. The predicted molar refractivity (Wildman–Crippen MR) is 79.0 cm³/mol. The van der Waals surface area contributed by atoms with E-state index in [1.54, 1.807) is 13.8 Å². The second-order valence-electron chi connectivity index (χ2n) is 3.84. The van der Waals surface area contributed by atoms with E-state index >= 15 is 0 Å². The molecule has 0 saturated heterocycles. The maximum absolute atomic E-state index is 11.7. The molecule has 2 N–H and O–H groups in total. The van der Waals surface area contributed by atoms with E-state index in [0.717, 1.165) is 0 Å². The van der Waals surface area contributed by atoms with E-state index in [-0.39, 0.29) is 24.1 Å². The number of amides is 1. The number of esters is 2. The highest BCUT2D eigenvalue weighted by atomic mass is 32.1. The molecule has 1 rings (SSSR count). The first-order chi connectivity index (χ1) is 10.5. The van der Waals surface area contributed by atoms with Crippen molar-refractivity contribution in [1.29, 1.82) is 0 Å². The third-order valence-electron chi connectivity index (χ3n) is 2.29. The van der Waals surface area contributed by atoms with E-state index in [1.807, 2.05) is 0 Å². The molecule has 8 nitrogen and oxygen atoms in total. The zero-order chi connectivity index (χ0) is 16.5. The van der Waals surface area contributed by atoms with Gasteiger partial charge >= 0.3 is 11.9 Å². The fourth-order valence-corrected chi connectivity index (χ4v) is 1.62. The first-order valence-corrected chi connectivity index (χ1v) is 6.89. The summed E-state index contributed by atoms with van der Waals surface area (Å²) in [6, 6.07) is 1.52. The lowest BCUT2D eigenvalue weighted by atomic mass is 10.3. The molecule has 0 saturated carbocycles. The Morgan fingerprint density at radius 2 is 1.82 bits per heavy atom. The van der Waals surface area contributed by atoms with Crippen LogP contribution in [0.4, 0.5) is 0 Å². The van der Waals surface area contributed by atoms with Crippen molar-refractivity contribution in [1.82, 2.24) is 10.6 Å². The molecule has 1 heterocycles. The lowest BCUT2D eigenvalue weighted by molar-refractivity contribution is -0.157. The highest BCUT2D eigenvalue weighted by Gasteiger charge is 2.30. The Kier molecular flexibility index (Phi) is 7.03. The summed E-state index contributed by atoms with van der Waals surface area (Å²) < 4.78 is 14.4. The van der Waals surface area contributed by atoms with Crippen LogP contribution in [0.2, 0.25) is 0 Å². The van der Waals surface area contributed by atoms with Crippen molar-refractivity contribution in [3.05, 3.63) is 24.2 Å². The van der Waals surface area contributed by atoms with Gasteiger partial charge in [-0.15, -0.1) is 0 Å². The van der Waals surface area contributed by atoms with Gasteiger partial charge in [0.15, 0.2) is 10.9 Å². The number of nitrogens with one attached hydrogen (secondary N) is 2.